The third-order valence-corrected chi connectivity index (χ3v) is 4.94. The van der Waals surface area contributed by atoms with Gasteiger partial charge in [0.05, 0.1) is 27.4 Å². The SMILES string of the molecule is CCOc1cc(/C=C2\SC(=S)NC2=O)ccc1Oc1ccc([N+](=O)[O-])cc1[N+](=O)[O-]. The predicted octanol–water partition coefficient (Wildman–Crippen LogP) is 4.18. The van der Waals surface area contributed by atoms with Gasteiger partial charge in [0.15, 0.2) is 11.5 Å². The van der Waals surface area contributed by atoms with Crippen LogP contribution in [0.2, 0.25) is 0 Å². The molecule has 0 aromatic heterocycles. The van der Waals surface area contributed by atoms with Gasteiger partial charge >= 0.3 is 5.69 Å². The number of nitrogens with one attached hydrogen (secondary N) is 1. The molecule has 2 aromatic rings. The number of thioether (sulfide) groups is 1. The summed E-state index contributed by atoms with van der Waals surface area (Å²) in [6.07, 6.45) is 1.62. The largest absolute Gasteiger partial charge is 0.490 e. The van der Waals surface area contributed by atoms with Gasteiger partial charge in [0, 0.05) is 6.07 Å². The second-order valence-corrected chi connectivity index (χ2v) is 7.48. The van der Waals surface area contributed by atoms with Crippen LogP contribution in [0.1, 0.15) is 12.5 Å². The Kier molecular flexibility index (Phi) is 6.28. The maximum Gasteiger partial charge on any atom is 0.318 e. The summed E-state index contributed by atoms with van der Waals surface area (Å²) in [6, 6.07) is 7.86. The highest BCUT2D eigenvalue weighted by molar-refractivity contribution is 8.26. The van der Waals surface area contributed by atoms with E-state index in [4.69, 9.17) is 21.7 Å². The Bertz CT molecular complexity index is 1100. The molecule has 1 saturated heterocycles. The summed E-state index contributed by atoms with van der Waals surface area (Å²) >= 11 is 6.09. The lowest BCUT2D eigenvalue weighted by Gasteiger charge is -2.12. The molecule has 0 bridgehead atoms. The van der Waals surface area contributed by atoms with Gasteiger partial charge in [-0.15, -0.1) is 0 Å². The number of carbonyl (C=O) groups is 1. The number of rotatable bonds is 7. The monoisotopic (exact) mass is 447 g/mol. The summed E-state index contributed by atoms with van der Waals surface area (Å²) in [5.41, 5.74) is -0.344. The fraction of sp³-hybridized carbons (Fsp3) is 0.111. The summed E-state index contributed by atoms with van der Waals surface area (Å²) in [5, 5.41) is 24.7. The minimum absolute atomic E-state index is 0.172. The van der Waals surface area contributed by atoms with E-state index in [1.54, 1.807) is 25.1 Å². The van der Waals surface area contributed by atoms with Crippen molar-refractivity contribution in [3.8, 4) is 17.2 Å². The normalized spacial score (nSPS) is 14.5. The van der Waals surface area contributed by atoms with Crippen molar-refractivity contribution >= 4 is 51.7 Å². The van der Waals surface area contributed by atoms with E-state index in [0.717, 1.165) is 30.0 Å². The average Bonchev–Trinajstić information content (AvgIpc) is 3.00. The number of non-ortho nitro benzene ring substituents is 1. The molecule has 154 valence electrons. The van der Waals surface area contributed by atoms with Crippen molar-refractivity contribution < 1.29 is 24.1 Å². The van der Waals surface area contributed by atoms with Gasteiger partial charge in [-0.05, 0) is 36.8 Å². The number of amides is 1. The number of nitrogens with zero attached hydrogens (tertiary/aromatic N) is 2. The van der Waals surface area contributed by atoms with Gasteiger partial charge in [-0.25, -0.2) is 0 Å². The van der Waals surface area contributed by atoms with E-state index in [-0.39, 0.29) is 29.8 Å². The van der Waals surface area contributed by atoms with E-state index in [0.29, 0.717) is 14.8 Å². The molecule has 1 aliphatic rings. The molecule has 10 nitrogen and oxygen atoms in total. The zero-order valence-electron chi connectivity index (χ0n) is 15.3. The van der Waals surface area contributed by atoms with Crippen molar-refractivity contribution in [1.29, 1.82) is 0 Å². The Balaban J connectivity index is 1.96. The highest BCUT2D eigenvalue weighted by Gasteiger charge is 2.24. The van der Waals surface area contributed by atoms with Crippen LogP contribution in [0.25, 0.3) is 6.08 Å². The number of carbonyl (C=O) groups excluding carboxylic acids is 1. The lowest BCUT2D eigenvalue weighted by atomic mass is 10.2. The van der Waals surface area contributed by atoms with Crippen LogP contribution in [-0.4, -0.2) is 26.7 Å². The summed E-state index contributed by atoms with van der Waals surface area (Å²) in [6.45, 7) is 2.04. The number of ether oxygens (including phenoxy) is 2. The summed E-state index contributed by atoms with van der Waals surface area (Å²) in [4.78, 5) is 33.0. The molecule has 30 heavy (non-hydrogen) atoms. The second kappa shape index (κ2) is 8.88. The van der Waals surface area contributed by atoms with Crippen molar-refractivity contribution in [2.24, 2.45) is 0 Å². The van der Waals surface area contributed by atoms with Crippen molar-refractivity contribution in [2.75, 3.05) is 6.61 Å². The molecule has 0 atom stereocenters. The molecule has 1 N–H and O–H groups in total. The van der Waals surface area contributed by atoms with E-state index in [9.17, 15) is 25.0 Å². The molecule has 0 aliphatic carbocycles. The third-order valence-electron chi connectivity index (χ3n) is 3.78. The number of nitro groups is 2. The van der Waals surface area contributed by atoms with Crippen molar-refractivity contribution in [3.05, 3.63) is 67.1 Å². The Morgan fingerprint density at radius 3 is 2.43 bits per heavy atom. The van der Waals surface area contributed by atoms with E-state index in [1.807, 2.05) is 0 Å². The Hall–Kier alpha value is -3.51. The van der Waals surface area contributed by atoms with Crippen molar-refractivity contribution in [2.45, 2.75) is 6.92 Å². The fourth-order valence-corrected chi connectivity index (χ4v) is 3.55. The van der Waals surface area contributed by atoms with Gasteiger partial charge in [-0.2, -0.15) is 0 Å². The van der Waals surface area contributed by atoms with Crippen LogP contribution < -0.4 is 14.8 Å². The second-order valence-electron chi connectivity index (χ2n) is 5.76. The summed E-state index contributed by atoms with van der Waals surface area (Å²) in [7, 11) is 0. The number of hydrogen-bond acceptors (Lipinski definition) is 9. The Morgan fingerprint density at radius 1 is 1.10 bits per heavy atom. The maximum absolute atomic E-state index is 11.8. The molecule has 12 heteroatoms. The standard InChI is InChI=1S/C18H13N3O7S2/c1-2-27-15-7-10(8-16-17(22)19-18(29)30-16)3-5-14(15)28-13-6-4-11(20(23)24)9-12(13)21(25)26/h3-9H,2H2,1H3,(H,19,22,29)/b16-8-. The van der Waals surface area contributed by atoms with Gasteiger partial charge < -0.3 is 14.8 Å². The molecular formula is C18H13N3O7S2. The average molecular weight is 447 g/mol. The van der Waals surface area contributed by atoms with Gasteiger partial charge in [0.2, 0.25) is 5.75 Å². The smallest absolute Gasteiger partial charge is 0.318 e. The molecule has 0 spiro atoms. The minimum atomic E-state index is -0.764. The van der Waals surface area contributed by atoms with Crippen LogP contribution in [0.15, 0.2) is 41.3 Å². The molecule has 0 saturated carbocycles. The van der Waals surface area contributed by atoms with Crippen molar-refractivity contribution in [1.82, 2.24) is 5.32 Å². The van der Waals surface area contributed by atoms with Crippen LogP contribution in [-0.2, 0) is 4.79 Å². The van der Waals surface area contributed by atoms with Crippen LogP contribution in [0.3, 0.4) is 0 Å². The van der Waals surface area contributed by atoms with Gasteiger partial charge in [0.1, 0.15) is 4.32 Å². The van der Waals surface area contributed by atoms with Gasteiger partial charge in [0.25, 0.3) is 11.6 Å². The van der Waals surface area contributed by atoms with Crippen LogP contribution in [0, 0.1) is 20.2 Å². The first-order chi connectivity index (χ1) is 14.3. The molecule has 2 aromatic carbocycles. The highest BCUT2D eigenvalue weighted by Crippen LogP contribution is 2.39. The fourth-order valence-electron chi connectivity index (χ4n) is 2.51. The Morgan fingerprint density at radius 2 is 1.83 bits per heavy atom. The maximum atomic E-state index is 11.8. The zero-order valence-corrected chi connectivity index (χ0v) is 17.0. The van der Waals surface area contributed by atoms with Gasteiger partial charge in [-0.1, -0.05) is 30.0 Å². The number of hydrogen-bond donors (Lipinski definition) is 1. The summed E-state index contributed by atoms with van der Waals surface area (Å²) in [5.74, 6) is -0.0148. The molecule has 0 radical (unpaired) electrons. The lowest BCUT2D eigenvalue weighted by Crippen LogP contribution is -2.17. The molecule has 0 unspecified atom stereocenters. The topological polar surface area (TPSA) is 134 Å². The van der Waals surface area contributed by atoms with Crippen LogP contribution in [0.5, 0.6) is 17.2 Å². The molecular weight excluding hydrogens is 434 g/mol. The van der Waals surface area contributed by atoms with Crippen LogP contribution in [0.4, 0.5) is 11.4 Å². The highest BCUT2D eigenvalue weighted by atomic mass is 32.2. The van der Waals surface area contributed by atoms with E-state index in [1.165, 1.54) is 6.07 Å². The van der Waals surface area contributed by atoms with E-state index >= 15 is 0 Å². The number of nitro benzene ring substituents is 2. The number of benzene rings is 2. The Labute approximate surface area is 179 Å². The van der Waals surface area contributed by atoms with Crippen molar-refractivity contribution in [3.63, 3.8) is 0 Å². The first kappa shape index (κ1) is 21.2. The number of thiocarbonyl (C=S) groups is 1. The third kappa shape index (κ3) is 4.72. The van der Waals surface area contributed by atoms with Crippen LogP contribution >= 0.6 is 24.0 Å². The zero-order chi connectivity index (χ0) is 21.8. The predicted molar refractivity (Wildman–Crippen MR) is 114 cm³/mol. The first-order valence-electron chi connectivity index (χ1n) is 8.41. The first-order valence-corrected chi connectivity index (χ1v) is 9.63. The lowest BCUT2D eigenvalue weighted by molar-refractivity contribution is -0.394. The van der Waals surface area contributed by atoms with E-state index in [2.05, 4.69) is 5.32 Å². The molecule has 3 rings (SSSR count). The molecule has 1 fully saturated rings. The minimum Gasteiger partial charge on any atom is -0.490 e. The molecule has 1 aliphatic heterocycles. The van der Waals surface area contributed by atoms with E-state index < -0.39 is 21.2 Å². The molecule has 1 heterocycles. The van der Waals surface area contributed by atoms with Gasteiger partial charge in [-0.3, -0.25) is 25.0 Å². The quantitative estimate of drug-likeness (QED) is 0.287. The summed E-state index contributed by atoms with van der Waals surface area (Å²) < 4.78 is 11.6. The molecule has 1 amide bonds.